The van der Waals surface area contributed by atoms with Crippen molar-refractivity contribution in [1.29, 1.82) is 0 Å². The number of nitrogens with two attached hydrogens (primary N) is 1. The number of rotatable bonds is 7. The Labute approximate surface area is 123 Å². The highest BCUT2D eigenvalue weighted by atomic mass is 32.2. The van der Waals surface area contributed by atoms with Gasteiger partial charge in [-0.3, -0.25) is 4.79 Å². The molecule has 6 nitrogen and oxygen atoms in total. The first-order chi connectivity index (χ1) is 9.63. The normalized spacial score (nSPS) is 23.8. The van der Waals surface area contributed by atoms with Crippen molar-refractivity contribution in [3.8, 4) is 0 Å². The molecule has 21 heavy (non-hydrogen) atoms. The molecule has 4 N–H and O–H groups in total. The van der Waals surface area contributed by atoms with Crippen LogP contribution in [0.15, 0.2) is 0 Å². The molecule has 124 valence electrons. The van der Waals surface area contributed by atoms with Crippen molar-refractivity contribution in [2.24, 2.45) is 11.7 Å². The largest absolute Gasteiger partial charge is 0.349 e. The molecule has 1 fully saturated rings. The van der Waals surface area contributed by atoms with Gasteiger partial charge < -0.3 is 11.1 Å². The highest BCUT2D eigenvalue weighted by Crippen LogP contribution is 2.23. The van der Waals surface area contributed by atoms with Gasteiger partial charge in [-0.1, -0.05) is 6.92 Å². The number of alkyl halides is 2. The van der Waals surface area contributed by atoms with Crippen molar-refractivity contribution in [3.63, 3.8) is 0 Å². The lowest BCUT2D eigenvalue weighted by molar-refractivity contribution is -0.120. The predicted octanol–water partition coefficient (Wildman–Crippen LogP) is 0.195. The summed E-state index contributed by atoms with van der Waals surface area (Å²) >= 11 is 0. The SMILES string of the molecule is CC1CCC(NS(=O)(=O)CC(=O)NCC(F)(F)CN)CC1. The van der Waals surface area contributed by atoms with Crippen LogP contribution in [0.5, 0.6) is 0 Å². The summed E-state index contributed by atoms with van der Waals surface area (Å²) in [5.41, 5.74) is 4.82. The molecule has 0 unspecified atom stereocenters. The highest BCUT2D eigenvalue weighted by molar-refractivity contribution is 7.90. The molecule has 0 aromatic heterocycles. The van der Waals surface area contributed by atoms with Gasteiger partial charge in [0.05, 0.1) is 13.1 Å². The second-order valence-electron chi connectivity index (χ2n) is 5.67. The number of nitrogens with one attached hydrogen (secondary N) is 2. The molecule has 0 spiro atoms. The van der Waals surface area contributed by atoms with Gasteiger partial charge in [-0.25, -0.2) is 21.9 Å². The van der Waals surface area contributed by atoms with Crippen molar-refractivity contribution in [2.45, 2.75) is 44.6 Å². The van der Waals surface area contributed by atoms with Gasteiger partial charge in [0.15, 0.2) is 0 Å². The number of hydrogen-bond acceptors (Lipinski definition) is 4. The quantitative estimate of drug-likeness (QED) is 0.621. The van der Waals surface area contributed by atoms with E-state index < -0.39 is 40.7 Å². The Kier molecular flexibility index (Phi) is 6.48. The van der Waals surface area contributed by atoms with Crippen LogP contribution in [0.25, 0.3) is 0 Å². The van der Waals surface area contributed by atoms with Gasteiger partial charge in [0.2, 0.25) is 15.9 Å². The molecule has 0 radical (unpaired) electrons. The third-order valence-electron chi connectivity index (χ3n) is 3.53. The first-order valence-corrected chi connectivity index (χ1v) is 8.63. The highest BCUT2D eigenvalue weighted by Gasteiger charge is 2.29. The lowest BCUT2D eigenvalue weighted by atomic mass is 9.88. The van der Waals surface area contributed by atoms with E-state index >= 15 is 0 Å². The number of amides is 1. The summed E-state index contributed by atoms with van der Waals surface area (Å²) in [5, 5.41) is 1.89. The smallest absolute Gasteiger partial charge is 0.277 e. The summed E-state index contributed by atoms with van der Waals surface area (Å²) in [7, 11) is -3.81. The maximum Gasteiger partial charge on any atom is 0.277 e. The van der Waals surface area contributed by atoms with Gasteiger partial charge in [0.25, 0.3) is 5.92 Å². The Morgan fingerprint density at radius 1 is 1.29 bits per heavy atom. The van der Waals surface area contributed by atoms with Gasteiger partial charge in [0, 0.05) is 6.04 Å². The van der Waals surface area contributed by atoms with Gasteiger partial charge >= 0.3 is 0 Å². The Morgan fingerprint density at radius 2 is 1.86 bits per heavy atom. The van der Waals surface area contributed by atoms with Crippen molar-refractivity contribution in [3.05, 3.63) is 0 Å². The number of carbonyl (C=O) groups is 1. The van der Waals surface area contributed by atoms with E-state index in [-0.39, 0.29) is 6.04 Å². The second kappa shape index (κ2) is 7.46. The van der Waals surface area contributed by atoms with Gasteiger partial charge in [-0.15, -0.1) is 0 Å². The van der Waals surface area contributed by atoms with E-state index in [1.54, 1.807) is 0 Å². The average molecular weight is 327 g/mol. The van der Waals surface area contributed by atoms with Crippen LogP contribution in [0.1, 0.15) is 32.6 Å². The fraction of sp³-hybridized carbons (Fsp3) is 0.917. The van der Waals surface area contributed by atoms with E-state index in [4.69, 9.17) is 5.73 Å². The maximum atomic E-state index is 12.9. The number of hydrogen-bond donors (Lipinski definition) is 3. The second-order valence-corrected chi connectivity index (χ2v) is 7.42. The van der Waals surface area contributed by atoms with Crippen LogP contribution >= 0.6 is 0 Å². The molecular formula is C12H23F2N3O3S. The summed E-state index contributed by atoms with van der Waals surface area (Å²) in [6, 6.07) is -0.176. The Bertz CT molecular complexity index is 449. The zero-order valence-corrected chi connectivity index (χ0v) is 12.9. The van der Waals surface area contributed by atoms with E-state index in [1.165, 1.54) is 0 Å². The van der Waals surface area contributed by atoms with E-state index in [2.05, 4.69) is 11.6 Å². The molecule has 0 heterocycles. The van der Waals surface area contributed by atoms with Crippen molar-refractivity contribution >= 4 is 15.9 Å². The molecule has 0 bridgehead atoms. The lowest BCUT2D eigenvalue weighted by Gasteiger charge is -2.26. The van der Waals surface area contributed by atoms with Crippen molar-refractivity contribution < 1.29 is 22.0 Å². The first kappa shape index (κ1) is 18.2. The fourth-order valence-electron chi connectivity index (χ4n) is 2.20. The van der Waals surface area contributed by atoms with Crippen molar-refractivity contribution in [1.82, 2.24) is 10.0 Å². The Morgan fingerprint density at radius 3 is 2.38 bits per heavy atom. The fourth-order valence-corrected chi connectivity index (χ4v) is 3.47. The monoisotopic (exact) mass is 327 g/mol. The standard InChI is InChI=1S/C12H23F2N3O3S/c1-9-2-4-10(5-3-9)17-21(19,20)6-11(18)16-8-12(13,14)7-15/h9-10,17H,2-8,15H2,1H3,(H,16,18). The molecule has 1 rings (SSSR count). The summed E-state index contributed by atoms with van der Waals surface area (Å²) in [5.74, 6) is -4.46. The molecule has 1 amide bonds. The molecule has 1 aliphatic rings. The topological polar surface area (TPSA) is 101 Å². The van der Waals surface area contributed by atoms with Crippen LogP contribution in [0.3, 0.4) is 0 Å². The minimum absolute atomic E-state index is 0.176. The zero-order chi connectivity index (χ0) is 16.1. The van der Waals surface area contributed by atoms with Crippen LogP contribution in [0.4, 0.5) is 8.78 Å². The van der Waals surface area contributed by atoms with Gasteiger partial charge in [-0.2, -0.15) is 0 Å². The average Bonchev–Trinajstić information content (AvgIpc) is 2.38. The summed E-state index contributed by atoms with van der Waals surface area (Å²) in [6.07, 6.45) is 3.32. The van der Waals surface area contributed by atoms with Crippen LogP contribution < -0.4 is 15.8 Å². The van der Waals surface area contributed by atoms with Crippen LogP contribution in [0.2, 0.25) is 0 Å². The zero-order valence-electron chi connectivity index (χ0n) is 12.1. The Balaban J connectivity index is 2.39. The van der Waals surface area contributed by atoms with Gasteiger partial charge in [0.1, 0.15) is 5.75 Å². The van der Waals surface area contributed by atoms with Crippen LogP contribution in [-0.2, 0) is 14.8 Å². The van der Waals surface area contributed by atoms with Crippen LogP contribution in [-0.4, -0.2) is 45.1 Å². The van der Waals surface area contributed by atoms with E-state index in [0.717, 1.165) is 25.7 Å². The molecule has 0 atom stereocenters. The Hall–Kier alpha value is -0.800. The number of carbonyl (C=O) groups excluding carboxylic acids is 1. The molecule has 0 aromatic rings. The molecule has 0 aromatic carbocycles. The molecule has 0 aliphatic heterocycles. The minimum Gasteiger partial charge on any atom is -0.349 e. The van der Waals surface area contributed by atoms with E-state index in [1.807, 2.05) is 5.32 Å². The first-order valence-electron chi connectivity index (χ1n) is 6.98. The molecule has 1 saturated carbocycles. The van der Waals surface area contributed by atoms with E-state index in [0.29, 0.717) is 5.92 Å². The third-order valence-corrected chi connectivity index (χ3v) is 4.86. The molecule has 9 heteroatoms. The lowest BCUT2D eigenvalue weighted by Crippen LogP contribution is -2.46. The summed E-state index contributed by atoms with van der Waals surface area (Å²) in [6.45, 7) is 0.243. The van der Waals surface area contributed by atoms with E-state index in [9.17, 15) is 22.0 Å². The van der Waals surface area contributed by atoms with Crippen LogP contribution in [0, 0.1) is 5.92 Å². The third kappa shape index (κ3) is 7.14. The van der Waals surface area contributed by atoms with Crippen molar-refractivity contribution in [2.75, 3.05) is 18.8 Å². The summed E-state index contributed by atoms with van der Waals surface area (Å²) in [4.78, 5) is 11.4. The molecular weight excluding hydrogens is 304 g/mol. The minimum atomic E-state index is -3.81. The summed E-state index contributed by atoms with van der Waals surface area (Å²) < 4.78 is 51.8. The predicted molar refractivity (Wildman–Crippen MR) is 75.4 cm³/mol. The molecule has 1 aliphatic carbocycles. The molecule has 0 saturated heterocycles. The van der Waals surface area contributed by atoms with Gasteiger partial charge in [-0.05, 0) is 31.6 Å². The number of sulfonamides is 1. The maximum absolute atomic E-state index is 12.9. The number of halogens is 2.